The molecule has 1 aromatic heterocycles. The standard InChI is InChI=1S/C17H19BrN2OS2/c18-13-7-5-12(6-8-13)10-22-17-20-15(11-23-17)9-16(21)19-14-3-1-2-4-14/h5-8,11,14H,1-4,9-10H2,(H,19,21). The van der Waals surface area contributed by atoms with Crippen molar-refractivity contribution in [2.45, 2.75) is 48.2 Å². The lowest BCUT2D eigenvalue weighted by Gasteiger charge is -2.10. The summed E-state index contributed by atoms with van der Waals surface area (Å²) in [7, 11) is 0. The molecule has 23 heavy (non-hydrogen) atoms. The van der Waals surface area contributed by atoms with Gasteiger partial charge in [0.2, 0.25) is 5.91 Å². The molecule has 1 saturated carbocycles. The van der Waals surface area contributed by atoms with Gasteiger partial charge in [0.1, 0.15) is 4.34 Å². The average Bonchev–Trinajstić information content (AvgIpc) is 3.19. The van der Waals surface area contributed by atoms with E-state index in [1.54, 1.807) is 23.1 Å². The summed E-state index contributed by atoms with van der Waals surface area (Å²) < 4.78 is 2.12. The smallest absolute Gasteiger partial charge is 0.226 e. The molecule has 0 radical (unpaired) electrons. The van der Waals surface area contributed by atoms with Crippen LogP contribution in [-0.2, 0) is 17.0 Å². The van der Waals surface area contributed by atoms with Crippen molar-refractivity contribution < 1.29 is 4.79 Å². The van der Waals surface area contributed by atoms with Crippen LogP contribution in [0.3, 0.4) is 0 Å². The third-order valence-corrected chi connectivity index (χ3v) is 6.54. The number of carbonyl (C=O) groups is 1. The molecular weight excluding hydrogens is 392 g/mol. The van der Waals surface area contributed by atoms with Crippen LogP contribution in [0.15, 0.2) is 38.5 Å². The van der Waals surface area contributed by atoms with E-state index >= 15 is 0 Å². The number of thioether (sulfide) groups is 1. The van der Waals surface area contributed by atoms with Gasteiger partial charge in [-0.2, -0.15) is 0 Å². The van der Waals surface area contributed by atoms with Crippen LogP contribution >= 0.6 is 39.0 Å². The third-order valence-electron chi connectivity index (χ3n) is 3.87. The Balaban J connectivity index is 1.47. The minimum Gasteiger partial charge on any atom is -0.353 e. The zero-order valence-corrected chi connectivity index (χ0v) is 16.0. The van der Waals surface area contributed by atoms with Crippen LogP contribution in [0.5, 0.6) is 0 Å². The molecule has 0 atom stereocenters. The topological polar surface area (TPSA) is 42.0 Å². The second kappa shape index (κ2) is 8.31. The molecule has 0 unspecified atom stereocenters. The lowest BCUT2D eigenvalue weighted by atomic mass is 10.2. The lowest BCUT2D eigenvalue weighted by molar-refractivity contribution is -0.121. The lowest BCUT2D eigenvalue weighted by Crippen LogP contribution is -2.33. The molecule has 0 spiro atoms. The minimum atomic E-state index is 0.103. The molecule has 1 fully saturated rings. The molecular formula is C17H19BrN2OS2. The zero-order chi connectivity index (χ0) is 16.1. The molecule has 122 valence electrons. The van der Waals surface area contributed by atoms with E-state index in [-0.39, 0.29) is 5.91 Å². The van der Waals surface area contributed by atoms with Crippen molar-refractivity contribution in [3.05, 3.63) is 45.4 Å². The van der Waals surface area contributed by atoms with Crippen LogP contribution in [0.4, 0.5) is 0 Å². The maximum absolute atomic E-state index is 12.0. The first-order valence-corrected chi connectivity index (χ1v) is 10.5. The van der Waals surface area contributed by atoms with E-state index in [1.165, 1.54) is 18.4 Å². The summed E-state index contributed by atoms with van der Waals surface area (Å²) in [5, 5.41) is 5.11. The summed E-state index contributed by atoms with van der Waals surface area (Å²) in [5.41, 5.74) is 2.15. The van der Waals surface area contributed by atoms with E-state index in [4.69, 9.17) is 0 Å². The van der Waals surface area contributed by atoms with Crippen molar-refractivity contribution in [3.8, 4) is 0 Å². The molecule has 3 nitrogen and oxygen atoms in total. The molecule has 0 saturated heterocycles. The highest BCUT2D eigenvalue weighted by atomic mass is 79.9. The molecule has 1 aliphatic rings. The highest BCUT2D eigenvalue weighted by Crippen LogP contribution is 2.27. The Labute approximate surface area is 153 Å². The second-order valence-corrected chi connectivity index (χ2v) is 8.74. The number of thiazole rings is 1. The average molecular weight is 411 g/mol. The number of hydrogen-bond acceptors (Lipinski definition) is 4. The highest BCUT2D eigenvalue weighted by Gasteiger charge is 2.17. The number of amides is 1. The molecule has 3 rings (SSSR count). The molecule has 1 amide bonds. The van der Waals surface area contributed by atoms with Crippen molar-refractivity contribution >= 4 is 44.9 Å². The Bertz CT molecular complexity index is 651. The van der Waals surface area contributed by atoms with Crippen LogP contribution in [0, 0.1) is 0 Å². The zero-order valence-electron chi connectivity index (χ0n) is 12.8. The Morgan fingerprint density at radius 1 is 1.30 bits per heavy atom. The molecule has 6 heteroatoms. The van der Waals surface area contributed by atoms with E-state index in [0.717, 1.165) is 33.1 Å². The first-order chi connectivity index (χ1) is 11.2. The Morgan fingerprint density at radius 3 is 2.78 bits per heavy atom. The quantitative estimate of drug-likeness (QED) is 0.695. The van der Waals surface area contributed by atoms with E-state index in [1.807, 2.05) is 5.38 Å². The van der Waals surface area contributed by atoms with Gasteiger partial charge in [-0.1, -0.05) is 52.7 Å². The van der Waals surface area contributed by atoms with Crippen molar-refractivity contribution in [1.29, 1.82) is 0 Å². The first-order valence-electron chi connectivity index (χ1n) is 7.80. The van der Waals surface area contributed by atoms with Gasteiger partial charge >= 0.3 is 0 Å². The van der Waals surface area contributed by atoms with Crippen molar-refractivity contribution in [1.82, 2.24) is 10.3 Å². The summed E-state index contributed by atoms with van der Waals surface area (Å²) in [6, 6.07) is 8.71. The van der Waals surface area contributed by atoms with Gasteiger partial charge in [-0.25, -0.2) is 4.98 Å². The van der Waals surface area contributed by atoms with Crippen molar-refractivity contribution in [2.24, 2.45) is 0 Å². The number of rotatable bonds is 6. The normalized spacial score (nSPS) is 15.0. The molecule has 1 N–H and O–H groups in total. The summed E-state index contributed by atoms with van der Waals surface area (Å²) in [6.45, 7) is 0. The van der Waals surface area contributed by atoms with E-state index in [2.05, 4.69) is 50.5 Å². The van der Waals surface area contributed by atoms with Crippen LogP contribution < -0.4 is 5.32 Å². The third kappa shape index (κ3) is 5.33. The number of halogens is 1. The second-order valence-electron chi connectivity index (χ2n) is 5.75. The van der Waals surface area contributed by atoms with Gasteiger partial charge in [0.25, 0.3) is 0 Å². The largest absolute Gasteiger partial charge is 0.353 e. The molecule has 1 aliphatic carbocycles. The molecule has 0 aliphatic heterocycles. The number of nitrogens with zero attached hydrogens (tertiary/aromatic N) is 1. The summed E-state index contributed by atoms with van der Waals surface area (Å²) >= 11 is 6.78. The predicted octanol–water partition coefficient (Wildman–Crippen LogP) is 4.80. The van der Waals surface area contributed by atoms with Crippen LogP contribution in [-0.4, -0.2) is 16.9 Å². The van der Waals surface area contributed by atoms with Crippen molar-refractivity contribution in [3.63, 3.8) is 0 Å². The number of carbonyl (C=O) groups excluding carboxylic acids is 1. The minimum absolute atomic E-state index is 0.103. The van der Waals surface area contributed by atoms with Gasteiger partial charge in [-0.3, -0.25) is 4.79 Å². The highest BCUT2D eigenvalue weighted by molar-refractivity contribution is 9.10. The number of aromatic nitrogens is 1. The Morgan fingerprint density at radius 2 is 2.04 bits per heavy atom. The van der Waals surface area contributed by atoms with E-state index in [0.29, 0.717) is 12.5 Å². The van der Waals surface area contributed by atoms with Gasteiger partial charge in [-0.15, -0.1) is 11.3 Å². The summed E-state index contributed by atoms with van der Waals surface area (Å²) in [5.74, 6) is 1.00. The number of nitrogens with one attached hydrogen (secondary N) is 1. The maximum Gasteiger partial charge on any atom is 0.226 e. The van der Waals surface area contributed by atoms with E-state index < -0.39 is 0 Å². The van der Waals surface area contributed by atoms with Crippen LogP contribution in [0.1, 0.15) is 36.9 Å². The van der Waals surface area contributed by atoms with Gasteiger partial charge < -0.3 is 5.32 Å². The monoisotopic (exact) mass is 410 g/mol. The molecule has 1 heterocycles. The van der Waals surface area contributed by atoms with Gasteiger partial charge in [-0.05, 0) is 30.5 Å². The van der Waals surface area contributed by atoms with E-state index in [9.17, 15) is 4.79 Å². The fourth-order valence-corrected chi connectivity index (χ4v) is 4.74. The summed E-state index contributed by atoms with van der Waals surface area (Å²) in [6.07, 6.45) is 5.11. The van der Waals surface area contributed by atoms with Gasteiger partial charge in [0.05, 0.1) is 12.1 Å². The van der Waals surface area contributed by atoms with Crippen LogP contribution in [0.25, 0.3) is 0 Å². The summed E-state index contributed by atoms with van der Waals surface area (Å²) in [4.78, 5) is 16.6. The van der Waals surface area contributed by atoms with Gasteiger partial charge in [0, 0.05) is 21.6 Å². The molecule has 2 aromatic rings. The molecule has 1 aromatic carbocycles. The predicted molar refractivity (Wildman–Crippen MR) is 99.9 cm³/mol. The first kappa shape index (κ1) is 17.0. The SMILES string of the molecule is O=C(Cc1csc(SCc2ccc(Br)cc2)n1)NC1CCCC1. The Hall–Kier alpha value is -0.850. The fraction of sp³-hybridized carbons (Fsp3) is 0.412. The van der Waals surface area contributed by atoms with Crippen molar-refractivity contribution in [2.75, 3.05) is 0 Å². The molecule has 0 bridgehead atoms. The van der Waals surface area contributed by atoms with Crippen LogP contribution in [0.2, 0.25) is 0 Å². The Kier molecular flexibility index (Phi) is 6.14. The van der Waals surface area contributed by atoms with Gasteiger partial charge in [0.15, 0.2) is 0 Å². The number of hydrogen-bond donors (Lipinski definition) is 1. The maximum atomic E-state index is 12.0. The fourth-order valence-electron chi connectivity index (χ4n) is 2.67. The number of benzene rings is 1.